The number of hydrogen-bond donors (Lipinski definition) is 0. The van der Waals surface area contributed by atoms with Crippen LogP contribution in [0.5, 0.6) is 0 Å². The number of benzene rings is 2. The van der Waals surface area contributed by atoms with Crippen LogP contribution in [0.2, 0.25) is 5.02 Å². The van der Waals surface area contributed by atoms with Gasteiger partial charge in [-0.05, 0) is 48.6 Å². The highest BCUT2D eigenvalue weighted by Gasteiger charge is 2.25. The van der Waals surface area contributed by atoms with E-state index in [1.807, 2.05) is 59.5 Å². The van der Waals surface area contributed by atoms with Crippen molar-refractivity contribution in [1.29, 1.82) is 0 Å². The number of halogens is 1. The second-order valence-electron chi connectivity index (χ2n) is 7.03. The molecule has 3 aromatic rings. The summed E-state index contributed by atoms with van der Waals surface area (Å²) in [7, 11) is 0. The molecule has 1 aliphatic heterocycles. The summed E-state index contributed by atoms with van der Waals surface area (Å²) in [5.74, 6) is 0.886. The van der Waals surface area contributed by atoms with Crippen LogP contribution in [0, 0.1) is 5.92 Å². The third-order valence-electron chi connectivity index (χ3n) is 5.07. The van der Waals surface area contributed by atoms with Gasteiger partial charge >= 0.3 is 0 Å². The first-order chi connectivity index (χ1) is 13.2. The zero-order valence-corrected chi connectivity index (χ0v) is 15.8. The minimum absolute atomic E-state index is 0.0215. The van der Waals surface area contributed by atoms with Gasteiger partial charge in [-0.25, -0.2) is 0 Å². The number of carbonyl (C=O) groups is 1. The zero-order valence-electron chi connectivity index (χ0n) is 15.1. The lowest BCUT2D eigenvalue weighted by Crippen LogP contribution is -2.39. The van der Waals surface area contributed by atoms with Crippen LogP contribution in [-0.4, -0.2) is 30.5 Å². The van der Waals surface area contributed by atoms with E-state index in [2.05, 4.69) is 0 Å². The quantitative estimate of drug-likeness (QED) is 0.611. The summed E-state index contributed by atoms with van der Waals surface area (Å²) in [5.41, 5.74) is 1.88. The standard InChI is InChI=1S/C22H22ClNO3/c23-19-7-5-16(6-8-19)14-26-15-17-9-11-24(12-10-17)22(25)21-13-18-3-1-2-4-20(18)27-21/h1-8,13,17H,9-12,14-15H2. The van der Waals surface area contributed by atoms with Gasteiger partial charge in [0.1, 0.15) is 5.58 Å². The first-order valence-electron chi connectivity index (χ1n) is 9.29. The van der Waals surface area contributed by atoms with Gasteiger partial charge in [-0.15, -0.1) is 0 Å². The number of para-hydroxylation sites is 1. The summed E-state index contributed by atoms with van der Waals surface area (Å²) in [6, 6.07) is 17.3. The van der Waals surface area contributed by atoms with Crippen LogP contribution in [0.1, 0.15) is 29.0 Å². The molecule has 0 radical (unpaired) electrons. The van der Waals surface area contributed by atoms with Crippen molar-refractivity contribution in [2.24, 2.45) is 5.92 Å². The fourth-order valence-electron chi connectivity index (χ4n) is 3.47. The number of carbonyl (C=O) groups excluding carboxylic acids is 1. The van der Waals surface area contributed by atoms with Crippen LogP contribution < -0.4 is 0 Å². The Labute approximate surface area is 163 Å². The minimum Gasteiger partial charge on any atom is -0.451 e. The molecule has 2 aromatic carbocycles. The van der Waals surface area contributed by atoms with Crippen LogP contribution in [0.15, 0.2) is 59.0 Å². The Bertz CT molecular complexity index is 878. The molecule has 0 bridgehead atoms. The van der Waals surface area contributed by atoms with E-state index in [9.17, 15) is 4.79 Å². The molecular formula is C22H22ClNO3. The number of likely N-dealkylation sites (tertiary alicyclic amines) is 1. The van der Waals surface area contributed by atoms with Crippen LogP contribution in [0.25, 0.3) is 11.0 Å². The summed E-state index contributed by atoms with van der Waals surface area (Å²) in [4.78, 5) is 14.6. The Hall–Kier alpha value is -2.30. The molecule has 140 valence electrons. The van der Waals surface area contributed by atoms with Gasteiger partial charge in [-0.2, -0.15) is 0 Å². The van der Waals surface area contributed by atoms with Gasteiger partial charge in [0, 0.05) is 30.1 Å². The van der Waals surface area contributed by atoms with E-state index in [1.54, 1.807) is 0 Å². The molecule has 1 aromatic heterocycles. The van der Waals surface area contributed by atoms with Crippen molar-refractivity contribution in [2.75, 3.05) is 19.7 Å². The molecule has 0 spiro atoms. The first-order valence-corrected chi connectivity index (χ1v) is 9.67. The molecular weight excluding hydrogens is 362 g/mol. The summed E-state index contributed by atoms with van der Waals surface area (Å²) in [5, 5.41) is 1.70. The van der Waals surface area contributed by atoms with E-state index in [0.717, 1.165) is 54.1 Å². The van der Waals surface area contributed by atoms with Gasteiger partial charge in [-0.1, -0.05) is 41.9 Å². The molecule has 1 aliphatic rings. The highest BCUT2D eigenvalue weighted by molar-refractivity contribution is 6.30. The van der Waals surface area contributed by atoms with Crippen molar-refractivity contribution < 1.29 is 13.9 Å². The molecule has 1 saturated heterocycles. The number of hydrogen-bond acceptors (Lipinski definition) is 3. The fraction of sp³-hybridized carbons (Fsp3) is 0.318. The van der Waals surface area contributed by atoms with Crippen molar-refractivity contribution >= 4 is 28.5 Å². The molecule has 0 saturated carbocycles. The lowest BCUT2D eigenvalue weighted by Gasteiger charge is -2.31. The monoisotopic (exact) mass is 383 g/mol. The van der Waals surface area contributed by atoms with Gasteiger partial charge in [0.05, 0.1) is 6.61 Å². The molecule has 0 N–H and O–H groups in total. The van der Waals surface area contributed by atoms with E-state index in [1.165, 1.54) is 0 Å². The highest BCUT2D eigenvalue weighted by atomic mass is 35.5. The SMILES string of the molecule is O=C(c1cc2ccccc2o1)N1CCC(COCc2ccc(Cl)cc2)CC1. The van der Waals surface area contributed by atoms with E-state index in [-0.39, 0.29) is 5.91 Å². The Balaban J connectivity index is 1.25. The van der Waals surface area contributed by atoms with Gasteiger partial charge in [0.2, 0.25) is 0 Å². The molecule has 5 heteroatoms. The van der Waals surface area contributed by atoms with Crippen molar-refractivity contribution in [1.82, 2.24) is 4.90 Å². The number of piperidine rings is 1. The number of furan rings is 1. The molecule has 1 amide bonds. The zero-order chi connectivity index (χ0) is 18.6. The van der Waals surface area contributed by atoms with E-state index in [4.69, 9.17) is 20.8 Å². The molecule has 0 atom stereocenters. The number of fused-ring (bicyclic) bond motifs is 1. The van der Waals surface area contributed by atoms with Crippen LogP contribution in [-0.2, 0) is 11.3 Å². The molecule has 4 rings (SSSR count). The van der Waals surface area contributed by atoms with Crippen molar-refractivity contribution in [2.45, 2.75) is 19.4 Å². The van der Waals surface area contributed by atoms with Gasteiger partial charge in [0.25, 0.3) is 5.91 Å². The number of rotatable bonds is 5. The van der Waals surface area contributed by atoms with Crippen molar-refractivity contribution in [3.05, 3.63) is 70.9 Å². The molecule has 0 aliphatic carbocycles. The smallest absolute Gasteiger partial charge is 0.289 e. The number of nitrogens with zero attached hydrogens (tertiary/aromatic N) is 1. The van der Waals surface area contributed by atoms with E-state index >= 15 is 0 Å². The second-order valence-corrected chi connectivity index (χ2v) is 7.46. The summed E-state index contributed by atoms with van der Waals surface area (Å²) in [6.45, 7) is 2.79. The molecule has 0 unspecified atom stereocenters. The van der Waals surface area contributed by atoms with Crippen molar-refractivity contribution in [3.8, 4) is 0 Å². The number of amides is 1. The lowest BCUT2D eigenvalue weighted by atomic mass is 9.97. The van der Waals surface area contributed by atoms with E-state index < -0.39 is 0 Å². The van der Waals surface area contributed by atoms with Gasteiger partial charge < -0.3 is 14.1 Å². The van der Waals surface area contributed by atoms with Gasteiger partial charge in [-0.3, -0.25) is 4.79 Å². The summed E-state index contributed by atoms with van der Waals surface area (Å²) < 4.78 is 11.6. The largest absolute Gasteiger partial charge is 0.451 e. The third kappa shape index (κ3) is 4.34. The van der Waals surface area contributed by atoms with Crippen LogP contribution >= 0.6 is 11.6 Å². The maximum Gasteiger partial charge on any atom is 0.289 e. The van der Waals surface area contributed by atoms with E-state index in [0.29, 0.717) is 18.3 Å². The molecule has 27 heavy (non-hydrogen) atoms. The molecule has 4 nitrogen and oxygen atoms in total. The maximum absolute atomic E-state index is 12.7. The normalized spacial score (nSPS) is 15.4. The number of ether oxygens (including phenoxy) is 1. The lowest BCUT2D eigenvalue weighted by molar-refractivity contribution is 0.0462. The Morgan fingerprint density at radius 1 is 1.11 bits per heavy atom. The summed E-state index contributed by atoms with van der Waals surface area (Å²) in [6.07, 6.45) is 1.90. The Morgan fingerprint density at radius 2 is 1.85 bits per heavy atom. The van der Waals surface area contributed by atoms with Gasteiger partial charge in [0.15, 0.2) is 5.76 Å². The topological polar surface area (TPSA) is 42.7 Å². The first kappa shape index (κ1) is 18.1. The van der Waals surface area contributed by atoms with Crippen LogP contribution in [0.3, 0.4) is 0 Å². The Kier molecular flexibility index (Phi) is 5.46. The molecule has 1 fully saturated rings. The average Bonchev–Trinajstić information content (AvgIpc) is 3.14. The second kappa shape index (κ2) is 8.15. The Morgan fingerprint density at radius 3 is 2.59 bits per heavy atom. The maximum atomic E-state index is 12.7. The third-order valence-corrected chi connectivity index (χ3v) is 5.33. The van der Waals surface area contributed by atoms with Crippen molar-refractivity contribution in [3.63, 3.8) is 0 Å². The minimum atomic E-state index is -0.0215. The predicted octanol–water partition coefficient (Wildman–Crippen LogP) is 5.16. The fourth-order valence-corrected chi connectivity index (χ4v) is 3.60. The average molecular weight is 384 g/mol. The molecule has 2 heterocycles. The highest BCUT2D eigenvalue weighted by Crippen LogP contribution is 2.23. The summed E-state index contributed by atoms with van der Waals surface area (Å²) >= 11 is 5.89. The predicted molar refractivity (Wildman–Crippen MR) is 106 cm³/mol. The van der Waals surface area contributed by atoms with Crippen LogP contribution in [0.4, 0.5) is 0 Å².